The SMILES string of the molecule is O=C(Nc1cc(Cl)c(OC(F)F)c(Cl)c1)C1CC(O)CN1. The number of amides is 1. The maximum atomic E-state index is 12.2. The maximum Gasteiger partial charge on any atom is 0.387 e. The molecule has 2 unspecified atom stereocenters. The van der Waals surface area contributed by atoms with Gasteiger partial charge in [0.2, 0.25) is 5.91 Å². The summed E-state index contributed by atoms with van der Waals surface area (Å²) in [6, 6.07) is 1.98. The van der Waals surface area contributed by atoms with E-state index in [1.165, 1.54) is 12.1 Å². The van der Waals surface area contributed by atoms with E-state index in [0.29, 0.717) is 13.0 Å². The zero-order valence-electron chi connectivity index (χ0n) is 10.6. The molecule has 1 heterocycles. The summed E-state index contributed by atoms with van der Waals surface area (Å²) in [5.41, 5.74) is 0.250. The molecule has 1 saturated heterocycles. The van der Waals surface area contributed by atoms with Crippen molar-refractivity contribution < 1.29 is 23.4 Å². The number of anilines is 1. The van der Waals surface area contributed by atoms with Crippen molar-refractivity contribution in [2.24, 2.45) is 0 Å². The van der Waals surface area contributed by atoms with Crippen LogP contribution in [0.25, 0.3) is 0 Å². The lowest BCUT2D eigenvalue weighted by Gasteiger charge is -2.14. The maximum absolute atomic E-state index is 12.2. The van der Waals surface area contributed by atoms with E-state index >= 15 is 0 Å². The quantitative estimate of drug-likeness (QED) is 0.786. The summed E-state index contributed by atoms with van der Waals surface area (Å²) in [6.45, 7) is -2.72. The molecule has 0 saturated carbocycles. The van der Waals surface area contributed by atoms with Crippen LogP contribution in [0.1, 0.15) is 6.42 Å². The van der Waals surface area contributed by atoms with Crippen LogP contribution in [0.5, 0.6) is 5.75 Å². The lowest BCUT2D eigenvalue weighted by molar-refractivity contribution is -0.117. The van der Waals surface area contributed by atoms with E-state index in [2.05, 4.69) is 15.4 Å². The number of hydrogen-bond donors (Lipinski definition) is 3. The summed E-state index contributed by atoms with van der Waals surface area (Å²) in [5.74, 6) is -0.720. The van der Waals surface area contributed by atoms with Crippen molar-refractivity contribution in [2.45, 2.75) is 25.2 Å². The normalized spacial score (nSPS) is 21.6. The van der Waals surface area contributed by atoms with Crippen LogP contribution >= 0.6 is 23.2 Å². The fourth-order valence-electron chi connectivity index (χ4n) is 1.98. The molecule has 0 aliphatic carbocycles. The predicted molar refractivity (Wildman–Crippen MR) is 74.1 cm³/mol. The molecule has 2 atom stereocenters. The van der Waals surface area contributed by atoms with Crippen LogP contribution < -0.4 is 15.4 Å². The van der Waals surface area contributed by atoms with Gasteiger partial charge in [-0.15, -0.1) is 0 Å². The highest BCUT2D eigenvalue weighted by Crippen LogP contribution is 2.37. The molecule has 1 aromatic rings. The molecule has 1 amide bonds. The Kier molecular flexibility index (Phi) is 5.21. The Morgan fingerprint density at radius 3 is 2.52 bits per heavy atom. The van der Waals surface area contributed by atoms with Crippen molar-refractivity contribution in [3.05, 3.63) is 22.2 Å². The first-order valence-corrected chi connectivity index (χ1v) is 6.78. The van der Waals surface area contributed by atoms with Crippen molar-refractivity contribution in [3.63, 3.8) is 0 Å². The first-order valence-electron chi connectivity index (χ1n) is 6.03. The first-order chi connectivity index (χ1) is 9.86. The number of carbonyl (C=O) groups is 1. The molecule has 1 aliphatic heterocycles. The number of ether oxygens (including phenoxy) is 1. The van der Waals surface area contributed by atoms with Gasteiger partial charge in [-0.05, 0) is 18.6 Å². The van der Waals surface area contributed by atoms with E-state index in [4.69, 9.17) is 23.2 Å². The Bertz CT molecular complexity index is 522. The van der Waals surface area contributed by atoms with Crippen molar-refractivity contribution in [3.8, 4) is 5.75 Å². The number of benzene rings is 1. The molecule has 0 radical (unpaired) electrons. The highest BCUT2D eigenvalue weighted by molar-refractivity contribution is 6.37. The Balaban J connectivity index is 2.09. The monoisotopic (exact) mass is 340 g/mol. The molecule has 21 heavy (non-hydrogen) atoms. The highest BCUT2D eigenvalue weighted by Gasteiger charge is 2.28. The summed E-state index contributed by atoms with van der Waals surface area (Å²) in [5, 5.41) is 14.5. The van der Waals surface area contributed by atoms with Crippen LogP contribution in [0.3, 0.4) is 0 Å². The van der Waals surface area contributed by atoms with Gasteiger partial charge < -0.3 is 20.5 Å². The average Bonchev–Trinajstić information content (AvgIpc) is 2.80. The molecular weight excluding hydrogens is 329 g/mol. The van der Waals surface area contributed by atoms with Gasteiger partial charge in [0.1, 0.15) is 0 Å². The molecular formula is C12H12Cl2F2N2O3. The number of rotatable bonds is 4. The molecule has 0 aromatic heterocycles. The molecule has 0 spiro atoms. The number of halogens is 4. The summed E-state index contributed by atoms with van der Waals surface area (Å²) in [6.07, 6.45) is -0.283. The van der Waals surface area contributed by atoms with Crippen molar-refractivity contribution in [1.29, 1.82) is 0 Å². The van der Waals surface area contributed by atoms with Crippen molar-refractivity contribution in [1.82, 2.24) is 5.32 Å². The Morgan fingerprint density at radius 1 is 1.43 bits per heavy atom. The van der Waals surface area contributed by atoms with E-state index in [9.17, 15) is 18.7 Å². The summed E-state index contributed by atoms with van der Waals surface area (Å²) in [4.78, 5) is 11.9. The molecule has 5 nitrogen and oxygen atoms in total. The van der Waals surface area contributed by atoms with Gasteiger partial charge in [-0.2, -0.15) is 8.78 Å². The second kappa shape index (κ2) is 6.74. The van der Waals surface area contributed by atoms with Crippen LogP contribution in [-0.4, -0.2) is 36.3 Å². The van der Waals surface area contributed by atoms with E-state index < -0.39 is 18.8 Å². The minimum absolute atomic E-state index is 0.141. The third-order valence-electron chi connectivity index (χ3n) is 2.90. The second-order valence-corrected chi connectivity index (χ2v) is 5.30. The molecule has 3 N–H and O–H groups in total. The highest BCUT2D eigenvalue weighted by atomic mass is 35.5. The summed E-state index contributed by atoms with van der Waals surface area (Å²) < 4.78 is 28.6. The number of β-amino-alcohol motifs (C(OH)–C–C–N with tert-alkyl or cyclic N) is 1. The summed E-state index contributed by atoms with van der Waals surface area (Å²) in [7, 11) is 0. The zero-order chi connectivity index (χ0) is 15.6. The Morgan fingerprint density at radius 2 is 2.05 bits per heavy atom. The van der Waals surface area contributed by atoms with Gasteiger partial charge in [-0.3, -0.25) is 4.79 Å². The van der Waals surface area contributed by atoms with Crippen LogP contribution in [0.15, 0.2) is 12.1 Å². The number of aliphatic hydroxyl groups excluding tert-OH is 1. The zero-order valence-corrected chi connectivity index (χ0v) is 12.1. The molecule has 1 aliphatic rings. The van der Waals surface area contributed by atoms with Gasteiger partial charge in [0, 0.05) is 12.2 Å². The number of aliphatic hydroxyl groups is 1. The average molecular weight is 341 g/mol. The lowest BCUT2D eigenvalue weighted by atomic mass is 10.2. The standard InChI is InChI=1S/C12H12Cl2F2N2O3/c13-7-1-5(2-8(14)10(7)21-12(15)16)18-11(20)9-3-6(19)4-17-9/h1-2,6,9,12,17,19H,3-4H2,(H,18,20). The number of hydrogen-bond acceptors (Lipinski definition) is 4. The van der Waals surface area contributed by atoms with Crippen molar-refractivity contribution >= 4 is 34.8 Å². The Hall–Kier alpha value is -1.15. The van der Waals surface area contributed by atoms with Crippen LogP contribution in [0, 0.1) is 0 Å². The predicted octanol–water partition coefficient (Wildman–Crippen LogP) is 2.26. The number of nitrogens with one attached hydrogen (secondary N) is 2. The first kappa shape index (κ1) is 16.2. The van der Waals surface area contributed by atoms with E-state index in [-0.39, 0.29) is 27.4 Å². The third-order valence-corrected chi connectivity index (χ3v) is 3.46. The lowest BCUT2D eigenvalue weighted by Crippen LogP contribution is -2.35. The topological polar surface area (TPSA) is 70.6 Å². The van der Waals surface area contributed by atoms with Gasteiger partial charge in [-0.25, -0.2) is 0 Å². The summed E-state index contributed by atoms with van der Waals surface area (Å²) >= 11 is 11.6. The smallest absolute Gasteiger partial charge is 0.387 e. The Labute approximate surface area is 129 Å². The second-order valence-electron chi connectivity index (χ2n) is 4.49. The van der Waals surface area contributed by atoms with Crippen LogP contribution in [0.2, 0.25) is 10.0 Å². The third kappa shape index (κ3) is 4.16. The molecule has 1 fully saturated rings. The molecule has 0 bridgehead atoms. The van der Waals surface area contributed by atoms with E-state index in [1.54, 1.807) is 0 Å². The molecule has 9 heteroatoms. The van der Waals surface area contributed by atoms with Gasteiger partial charge in [0.05, 0.1) is 22.2 Å². The van der Waals surface area contributed by atoms with Crippen molar-refractivity contribution in [2.75, 3.05) is 11.9 Å². The van der Waals surface area contributed by atoms with Gasteiger partial charge in [0.25, 0.3) is 0 Å². The number of alkyl halides is 2. The fraction of sp³-hybridized carbons (Fsp3) is 0.417. The molecule has 1 aromatic carbocycles. The fourth-order valence-corrected chi connectivity index (χ4v) is 2.56. The van der Waals surface area contributed by atoms with Gasteiger partial charge >= 0.3 is 6.61 Å². The molecule has 116 valence electrons. The van der Waals surface area contributed by atoms with Crippen LogP contribution in [0.4, 0.5) is 14.5 Å². The largest absolute Gasteiger partial charge is 0.432 e. The van der Waals surface area contributed by atoms with Gasteiger partial charge in [-0.1, -0.05) is 23.2 Å². The van der Waals surface area contributed by atoms with Gasteiger partial charge in [0.15, 0.2) is 5.75 Å². The molecule has 2 rings (SSSR count). The minimum atomic E-state index is -3.05. The number of carbonyl (C=O) groups excluding carboxylic acids is 1. The minimum Gasteiger partial charge on any atom is -0.432 e. The van der Waals surface area contributed by atoms with E-state index in [1.807, 2.05) is 0 Å². The van der Waals surface area contributed by atoms with E-state index in [0.717, 1.165) is 0 Å². The van der Waals surface area contributed by atoms with Crippen LogP contribution in [-0.2, 0) is 4.79 Å².